The summed E-state index contributed by atoms with van der Waals surface area (Å²) in [5, 5.41) is 3.36. The predicted octanol–water partition coefficient (Wildman–Crippen LogP) is 5.94. The predicted molar refractivity (Wildman–Crippen MR) is 133 cm³/mol. The van der Waals surface area contributed by atoms with E-state index in [9.17, 15) is 26.4 Å². The van der Waals surface area contributed by atoms with Crippen molar-refractivity contribution >= 4 is 44.6 Å². The van der Waals surface area contributed by atoms with Crippen molar-refractivity contribution in [3.63, 3.8) is 0 Å². The van der Waals surface area contributed by atoms with Gasteiger partial charge in [-0.15, -0.1) is 0 Å². The van der Waals surface area contributed by atoms with Crippen LogP contribution in [-0.2, 0) is 14.8 Å². The smallest absolute Gasteiger partial charge is 0.385 e. The molecule has 0 saturated carbocycles. The zero-order chi connectivity index (χ0) is 26.6. The Kier molecular flexibility index (Phi) is 8.94. The number of halogens is 4. The molecule has 0 heterocycles. The minimum Gasteiger partial charge on any atom is -0.385 e. The average molecular weight is 535 g/mol. The summed E-state index contributed by atoms with van der Waals surface area (Å²) in [7, 11) is -4.07. The summed E-state index contributed by atoms with van der Waals surface area (Å²) in [6.07, 6.45) is -4.04. The molecule has 0 aliphatic heterocycles. The minimum absolute atomic E-state index is 0.0523. The van der Waals surface area contributed by atoms with Gasteiger partial charge >= 0.3 is 12.1 Å². The van der Waals surface area contributed by atoms with Crippen LogP contribution < -0.4 is 20.9 Å². The van der Waals surface area contributed by atoms with E-state index in [0.29, 0.717) is 18.2 Å². The minimum atomic E-state index is -5.03. The van der Waals surface area contributed by atoms with Gasteiger partial charge in [0.2, 0.25) is 0 Å². The van der Waals surface area contributed by atoms with E-state index in [-0.39, 0.29) is 26.7 Å². The topological polar surface area (TPSA) is 99.3 Å². The van der Waals surface area contributed by atoms with Gasteiger partial charge in [0, 0.05) is 17.9 Å². The van der Waals surface area contributed by atoms with Crippen molar-refractivity contribution < 1.29 is 26.4 Å². The quantitative estimate of drug-likeness (QED) is 0.298. The second-order valence-electron chi connectivity index (χ2n) is 9.61. The van der Waals surface area contributed by atoms with Crippen LogP contribution in [0.25, 0.3) is 0 Å². The molecule has 0 aromatic heterocycles. The standard InChI is InChI=1S/C23H30ClF3N4O3S/c1-14(12-22(3,4)5)13-28-19-11-20(18(24)10-15(19)2)35(33,34)31-17-8-6-16(7-9-17)29-30-21(32)23(25,26)27/h6-11,14,28-29,31H,12-13H2,1-5H3,(H,30,32). The molecule has 4 N–H and O–H groups in total. The first-order valence-corrected chi connectivity index (χ1v) is 12.6. The summed E-state index contributed by atoms with van der Waals surface area (Å²) in [4.78, 5) is 10.8. The number of hydrogen-bond acceptors (Lipinski definition) is 5. The normalized spacial score (nSPS) is 13.2. The number of carbonyl (C=O) groups is 1. The molecule has 0 aliphatic rings. The van der Waals surface area contributed by atoms with Crippen LogP contribution in [0.4, 0.5) is 30.2 Å². The van der Waals surface area contributed by atoms with Crippen LogP contribution in [-0.4, -0.2) is 27.0 Å². The van der Waals surface area contributed by atoms with Crippen molar-refractivity contribution in [1.29, 1.82) is 0 Å². The SMILES string of the molecule is Cc1cc(Cl)c(S(=O)(=O)Nc2ccc(NNC(=O)C(F)(F)F)cc2)cc1NCC(C)CC(C)(C)C. The number of alkyl halides is 3. The maximum Gasteiger partial charge on any atom is 0.472 e. The average Bonchev–Trinajstić information content (AvgIpc) is 2.70. The van der Waals surface area contributed by atoms with Gasteiger partial charge < -0.3 is 5.32 Å². The summed E-state index contributed by atoms with van der Waals surface area (Å²) in [5.41, 5.74) is 5.51. The number of hydrogen-bond donors (Lipinski definition) is 4. The molecule has 0 spiro atoms. The number of hydrazine groups is 1. The van der Waals surface area contributed by atoms with Crippen molar-refractivity contribution in [2.75, 3.05) is 22.0 Å². The lowest BCUT2D eigenvalue weighted by Gasteiger charge is -2.24. The van der Waals surface area contributed by atoms with Gasteiger partial charge in [-0.2, -0.15) is 13.2 Å². The Morgan fingerprint density at radius 3 is 2.17 bits per heavy atom. The molecule has 2 aromatic carbocycles. The third-order valence-electron chi connectivity index (χ3n) is 4.89. The number of rotatable bonds is 9. The lowest BCUT2D eigenvalue weighted by molar-refractivity contribution is -0.173. The molecule has 0 saturated heterocycles. The highest BCUT2D eigenvalue weighted by molar-refractivity contribution is 7.92. The summed E-state index contributed by atoms with van der Waals surface area (Å²) in [6.45, 7) is 11.1. The van der Waals surface area contributed by atoms with Gasteiger partial charge in [-0.05, 0) is 66.6 Å². The Bertz CT molecular complexity index is 1150. The van der Waals surface area contributed by atoms with Crippen LogP contribution in [0.2, 0.25) is 5.02 Å². The first-order valence-electron chi connectivity index (χ1n) is 10.8. The Morgan fingerprint density at radius 1 is 1.06 bits per heavy atom. The van der Waals surface area contributed by atoms with Gasteiger partial charge in [-0.1, -0.05) is 39.3 Å². The van der Waals surface area contributed by atoms with Crippen LogP contribution in [0.15, 0.2) is 41.3 Å². The van der Waals surface area contributed by atoms with Gasteiger partial charge in [0.15, 0.2) is 0 Å². The van der Waals surface area contributed by atoms with E-state index in [1.165, 1.54) is 35.8 Å². The van der Waals surface area contributed by atoms with Gasteiger partial charge in [-0.3, -0.25) is 20.4 Å². The van der Waals surface area contributed by atoms with E-state index in [2.05, 4.69) is 43.2 Å². The number of aryl methyl sites for hydroxylation is 1. The Balaban J connectivity index is 2.13. The molecule has 35 heavy (non-hydrogen) atoms. The molecule has 2 aromatic rings. The van der Waals surface area contributed by atoms with Crippen LogP contribution in [0, 0.1) is 18.3 Å². The number of anilines is 3. The number of amides is 1. The van der Waals surface area contributed by atoms with Crippen LogP contribution in [0.5, 0.6) is 0 Å². The van der Waals surface area contributed by atoms with E-state index in [1.54, 1.807) is 6.07 Å². The van der Waals surface area contributed by atoms with Gasteiger partial charge in [-0.25, -0.2) is 8.42 Å². The van der Waals surface area contributed by atoms with Gasteiger partial charge in [0.05, 0.1) is 10.7 Å². The zero-order valence-corrected chi connectivity index (χ0v) is 21.7. The summed E-state index contributed by atoms with van der Waals surface area (Å²) < 4.78 is 65.2. The van der Waals surface area contributed by atoms with Crippen molar-refractivity contribution in [3.05, 3.63) is 47.0 Å². The Morgan fingerprint density at radius 2 is 1.63 bits per heavy atom. The molecule has 0 radical (unpaired) electrons. The second kappa shape index (κ2) is 10.9. The molecule has 12 heteroatoms. The highest BCUT2D eigenvalue weighted by Crippen LogP contribution is 2.31. The Labute approximate surface area is 208 Å². The van der Waals surface area contributed by atoms with Gasteiger partial charge in [0.25, 0.3) is 10.0 Å². The molecule has 0 aliphatic carbocycles. The third-order valence-corrected chi connectivity index (χ3v) is 6.73. The first-order chi connectivity index (χ1) is 16.0. The van der Waals surface area contributed by atoms with Crippen molar-refractivity contribution in [3.8, 4) is 0 Å². The number of carbonyl (C=O) groups excluding carboxylic acids is 1. The largest absolute Gasteiger partial charge is 0.472 e. The molecular formula is C23H30ClF3N4O3S. The van der Waals surface area contributed by atoms with Crippen molar-refractivity contribution in [2.24, 2.45) is 11.3 Å². The number of nitrogens with one attached hydrogen (secondary N) is 4. The highest BCUT2D eigenvalue weighted by Gasteiger charge is 2.38. The summed E-state index contributed by atoms with van der Waals surface area (Å²) in [6, 6.07) is 8.31. The summed E-state index contributed by atoms with van der Waals surface area (Å²) >= 11 is 6.25. The summed E-state index contributed by atoms with van der Waals surface area (Å²) in [5.74, 6) is -1.80. The first kappa shape index (κ1) is 28.6. The molecule has 1 amide bonds. The fourth-order valence-corrected chi connectivity index (χ4v) is 5.15. The molecule has 194 valence electrons. The van der Waals surface area contributed by atoms with Crippen molar-refractivity contribution in [2.45, 2.75) is 52.1 Å². The fraction of sp³-hybridized carbons (Fsp3) is 0.435. The van der Waals surface area contributed by atoms with Crippen molar-refractivity contribution in [1.82, 2.24) is 5.43 Å². The van der Waals surface area contributed by atoms with E-state index in [4.69, 9.17) is 11.6 Å². The van der Waals surface area contributed by atoms with Crippen LogP contribution in [0.1, 0.15) is 39.7 Å². The molecule has 2 rings (SSSR count). The van der Waals surface area contributed by atoms with E-state index in [1.807, 2.05) is 6.92 Å². The maximum absolute atomic E-state index is 13.0. The zero-order valence-electron chi connectivity index (χ0n) is 20.1. The lowest BCUT2D eigenvalue weighted by atomic mass is 9.85. The second-order valence-corrected chi connectivity index (χ2v) is 11.7. The molecule has 1 unspecified atom stereocenters. The van der Waals surface area contributed by atoms with Crippen LogP contribution >= 0.6 is 11.6 Å². The molecule has 1 atom stereocenters. The van der Waals surface area contributed by atoms with E-state index in [0.717, 1.165) is 12.0 Å². The molecule has 7 nitrogen and oxygen atoms in total. The Hall–Kier alpha value is -2.66. The van der Waals surface area contributed by atoms with E-state index < -0.39 is 22.1 Å². The number of sulfonamides is 1. The van der Waals surface area contributed by atoms with Crippen LogP contribution in [0.3, 0.4) is 0 Å². The van der Waals surface area contributed by atoms with Gasteiger partial charge in [0.1, 0.15) is 4.90 Å². The molecule has 0 fully saturated rings. The maximum atomic E-state index is 13.0. The number of benzene rings is 2. The monoisotopic (exact) mass is 534 g/mol. The third kappa shape index (κ3) is 8.81. The van der Waals surface area contributed by atoms with E-state index >= 15 is 0 Å². The fourth-order valence-electron chi connectivity index (χ4n) is 3.48. The molecule has 0 bridgehead atoms. The highest BCUT2D eigenvalue weighted by atomic mass is 35.5. The molecular weight excluding hydrogens is 505 g/mol. The lowest BCUT2D eigenvalue weighted by Crippen LogP contribution is -2.40.